The summed E-state index contributed by atoms with van der Waals surface area (Å²) in [4.78, 5) is 22.9. The van der Waals surface area contributed by atoms with Gasteiger partial charge >= 0.3 is 6.03 Å². The molecule has 0 aromatic heterocycles. The van der Waals surface area contributed by atoms with Crippen molar-refractivity contribution in [3.05, 3.63) is 12.3 Å². The Hall–Kier alpha value is -1.36. The molecule has 0 aromatic rings. The molecule has 66 valence electrons. The van der Waals surface area contributed by atoms with Crippen LogP contribution in [0.4, 0.5) is 4.79 Å². The number of nitrogens with two attached hydrogens (primary N) is 1. The van der Waals surface area contributed by atoms with Gasteiger partial charge in [0.15, 0.2) is 0 Å². The highest BCUT2D eigenvalue weighted by Gasteiger charge is 2.27. The fourth-order valence-electron chi connectivity index (χ4n) is 0.877. The Bertz CT molecular complexity index is 257. The standard InChI is InChI=1S/C7H11N3O2/c1-5(11)10-4-3-7(2,8)9-6(10)12/h3-4H,8H2,1-2H3,(H,9,12). The molecule has 1 heterocycles. The molecular formula is C7H11N3O2. The van der Waals surface area contributed by atoms with Gasteiger partial charge in [-0.2, -0.15) is 0 Å². The van der Waals surface area contributed by atoms with Crippen LogP contribution in [-0.4, -0.2) is 22.5 Å². The lowest BCUT2D eigenvalue weighted by atomic mass is 10.2. The molecule has 1 atom stereocenters. The van der Waals surface area contributed by atoms with E-state index >= 15 is 0 Å². The summed E-state index contributed by atoms with van der Waals surface area (Å²) in [6.45, 7) is 2.95. The highest BCUT2D eigenvalue weighted by Crippen LogP contribution is 2.07. The minimum Gasteiger partial charge on any atom is -0.316 e. The Morgan fingerprint density at radius 2 is 2.33 bits per heavy atom. The highest BCUT2D eigenvalue weighted by molar-refractivity contribution is 5.95. The minimum atomic E-state index is -0.858. The van der Waals surface area contributed by atoms with Crippen molar-refractivity contribution in [2.45, 2.75) is 19.5 Å². The predicted octanol–water partition coefficient (Wildman–Crippen LogP) is -0.253. The van der Waals surface area contributed by atoms with Gasteiger partial charge in [0.05, 0.1) is 0 Å². The molecule has 5 nitrogen and oxygen atoms in total. The Kier molecular flexibility index (Phi) is 1.89. The molecule has 0 fully saturated rings. The van der Waals surface area contributed by atoms with Gasteiger partial charge in [-0.3, -0.25) is 4.79 Å². The first-order chi connectivity index (χ1) is 5.42. The Balaban J connectivity index is 2.86. The Labute approximate surface area is 70.2 Å². The van der Waals surface area contributed by atoms with Crippen LogP contribution in [0.3, 0.4) is 0 Å². The molecule has 1 unspecified atom stereocenters. The van der Waals surface area contributed by atoms with Crippen LogP contribution < -0.4 is 11.1 Å². The van der Waals surface area contributed by atoms with Gasteiger partial charge in [0.1, 0.15) is 5.66 Å². The summed E-state index contributed by atoms with van der Waals surface area (Å²) >= 11 is 0. The topological polar surface area (TPSA) is 75.4 Å². The number of urea groups is 1. The molecule has 1 aliphatic rings. The summed E-state index contributed by atoms with van der Waals surface area (Å²) in [7, 11) is 0. The lowest BCUT2D eigenvalue weighted by Crippen LogP contribution is -2.58. The average Bonchev–Trinajstić information content (AvgIpc) is 1.83. The van der Waals surface area contributed by atoms with E-state index in [1.165, 1.54) is 13.1 Å². The molecule has 12 heavy (non-hydrogen) atoms. The van der Waals surface area contributed by atoms with Crippen molar-refractivity contribution in [2.24, 2.45) is 5.73 Å². The number of carbonyl (C=O) groups excluding carboxylic acids is 2. The van der Waals surface area contributed by atoms with E-state index in [2.05, 4.69) is 5.32 Å². The summed E-state index contributed by atoms with van der Waals surface area (Å²) in [5, 5.41) is 2.44. The van der Waals surface area contributed by atoms with Gasteiger partial charge in [-0.05, 0) is 13.0 Å². The molecule has 1 aliphatic heterocycles. The van der Waals surface area contributed by atoms with Crippen molar-refractivity contribution in [2.75, 3.05) is 0 Å². The van der Waals surface area contributed by atoms with Crippen molar-refractivity contribution in [1.82, 2.24) is 10.2 Å². The summed E-state index contributed by atoms with van der Waals surface area (Å²) in [6.07, 6.45) is 2.93. The van der Waals surface area contributed by atoms with Crippen LogP contribution >= 0.6 is 0 Å². The van der Waals surface area contributed by atoms with E-state index < -0.39 is 11.7 Å². The quantitative estimate of drug-likeness (QED) is 0.525. The number of nitrogens with one attached hydrogen (secondary N) is 1. The van der Waals surface area contributed by atoms with Crippen LogP contribution in [0.5, 0.6) is 0 Å². The normalized spacial score (nSPS) is 28.6. The molecule has 0 aliphatic carbocycles. The van der Waals surface area contributed by atoms with Crippen molar-refractivity contribution in [3.63, 3.8) is 0 Å². The smallest absolute Gasteiger partial charge is 0.316 e. The van der Waals surface area contributed by atoms with Crippen molar-refractivity contribution >= 4 is 11.9 Å². The molecule has 5 heteroatoms. The molecule has 3 N–H and O–H groups in total. The largest absolute Gasteiger partial charge is 0.329 e. The third-order valence-electron chi connectivity index (χ3n) is 1.50. The number of carbonyl (C=O) groups is 2. The fourth-order valence-corrected chi connectivity index (χ4v) is 0.877. The van der Waals surface area contributed by atoms with Crippen LogP contribution in [0, 0.1) is 0 Å². The first-order valence-corrected chi connectivity index (χ1v) is 3.52. The van der Waals surface area contributed by atoms with Crippen molar-refractivity contribution in [1.29, 1.82) is 0 Å². The van der Waals surface area contributed by atoms with E-state index in [-0.39, 0.29) is 5.91 Å². The molecule has 0 radical (unpaired) electrons. The van der Waals surface area contributed by atoms with Gasteiger partial charge in [0.2, 0.25) is 5.91 Å². The van der Waals surface area contributed by atoms with Crippen LogP contribution in [0.15, 0.2) is 12.3 Å². The number of rotatable bonds is 0. The Morgan fingerprint density at radius 1 is 1.75 bits per heavy atom. The zero-order valence-electron chi connectivity index (χ0n) is 7.00. The number of imide groups is 1. The average molecular weight is 169 g/mol. The highest BCUT2D eigenvalue weighted by atomic mass is 16.2. The minimum absolute atomic E-state index is 0.334. The third kappa shape index (κ3) is 1.62. The molecule has 1 rings (SSSR count). The molecule has 0 bridgehead atoms. The lowest BCUT2D eigenvalue weighted by Gasteiger charge is -2.30. The monoisotopic (exact) mass is 169 g/mol. The number of amides is 3. The molecule has 0 aromatic carbocycles. The number of hydrogen-bond acceptors (Lipinski definition) is 3. The maximum absolute atomic E-state index is 11.1. The van der Waals surface area contributed by atoms with Gasteiger partial charge in [-0.25, -0.2) is 9.69 Å². The molecule has 0 saturated carbocycles. The predicted molar refractivity (Wildman–Crippen MR) is 42.8 cm³/mol. The maximum atomic E-state index is 11.1. The Morgan fingerprint density at radius 3 is 2.75 bits per heavy atom. The summed E-state index contributed by atoms with van der Waals surface area (Å²) in [5.41, 5.74) is 4.72. The summed E-state index contributed by atoms with van der Waals surface area (Å²) in [6, 6.07) is -0.491. The summed E-state index contributed by atoms with van der Waals surface area (Å²) in [5.74, 6) is -0.334. The zero-order valence-corrected chi connectivity index (χ0v) is 7.00. The number of nitrogens with zero attached hydrogens (tertiary/aromatic N) is 1. The van der Waals surface area contributed by atoms with E-state index in [4.69, 9.17) is 5.73 Å². The van der Waals surface area contributed by atoms with Crippen molar-refractivity contribution < 1.29 is 9.59 Å². The second kappa shape index (κ2) is 2.60. The van der Waals surface area contributed by atoms with Crippen LogP contribution in [0.1, 0.15) is 13.8 Å². The first kappa shape index (κ1) is 8.73. The van der Waals surface area contributed by atoms with Gasteiger partial charge < -0.3 is 11.1 Å². The van der Waals surface area contributed by atoms with E-state index in [0.717, 1.165) is 4.90 Å². The van der Waals surface area contributed by atoms with E-state index in [1.807, 2.05) is 0 Å². The van der Waals surface area contributed by atoms with Gasteiger partial charge in [0, 0.05) is 13.1 Å². The van der Waals surface area contributed by atoms with E-state index in [0.29, 0.717) is 0 Å². The second-order valence-corrected chi connectivity index (χ2v) is 2.92. The van der Waals surface area contributed by atoms with E-state index in [1.54, 1.807) is 13.0 Å². The maximum Gasteiger partial charge on any atom is 0.329 e. The molecule has 0 saturated heterocycles. The summed E-state index contributed by atoms with van der Waals surface area (Å²) < 4.78 is 0. The molecule has 3 amide bonds. The third-order valence-corrected chi connectivity index (χ3v) is 1.50. The zero-order chi connectivity index (χ0) is 9.35. The first-order valence-electron chi connectivity index (χ1n) is 3.52. The van der Waals surface area contributed by atoms with Gasteiger partial charge in [-0.15, -0.1) is 0 Å². The lowest BCUT2D eigenvalue weighted by molar-refractivity contribution is -0.124. The molecule has 0 spiro atoms. The van der Waals surface area contributed by atoms with Gasteiger partial charge in [0.25, 0.3) is 0 Å². The second-order valence-electron chi connectivity index (χ2n) is 2.92. The van der Waals surface area contributed by atoms with Crippen molar-refractivity contribution in [3.8, 4) is 0 Å². The van der Waals surface area contributed by atoms with Crippen LogP contribution in [-0.2, 0) is 4.79 Å². The van der Waals surface area contributed by atoms with Crippen LogP contribution in [0.2, 0.25) is 0 Å². The molecular weight excluding hydrogens is 158 g/mol. The fraction of sp³-hybridized carbons (Fsp3) is 0.429. The van der Waals surface area contributed by atoms with Gasteiger partial charge in [-0.1, -0.05) is 0 Å². The van der Waals surface area contributed by atoms with E-state index in [9.17, 15) is 9.59 Å². The number of hydrogen-bond donors (Lipinski definition) is 2. The van der Waals surface area contributed by atoms with Crippen LogP contribution in [0.25, 0.3) is 0 Å². The SMILES string of the molecule is CC(=O)N1C=CC(C)(N)NC1=O.